The lowest BCUT2D eigenvalue weighted by atomic mass is 9.93. The third kappa shape index (κ3) is 2.72. The Bertz CT molecular complexity index is 629. The number of rotatable bonds is 5. The smallest absolute Gasteiger partial charge is 0.262 e. The van der Waals surface area contributed by atoms with Crippen LogP contribution in [0.15, 0.2) is 18.2 Å². The number of fused-ring (bicyclic) bond motifs is 1. The van der Waals surface area contributed by atoms with Crippen LogP contribution < -0.4 is 10.8 Å². The highest BCUT2D eigenvalue weighted by Crippen LogP contribution is 2.24. The van der Waals surface area contributed by atoms with Crippen molar-refractivity contribution in [2.75, 3.05) is 7.05 Å². The topological polar surface area (TPSA) is 83.6 Å². The van der Waals surface area contributed by atoms with Gasteiger partial charge in [-0.25, -0.2) is 0 Å². The van der Waals surface area contributed by atoms with Gasteiger partial charge < -0.3 is 10.1 Å². The Morgan fingerprint density at radius 2 is 2.00 bits per heavy atom. The number of hydrogen-bond donors (Lipinski definition) is 1. The van der Waals surface area contributed by atoms with Gasteiger partial charge in [0.05, 0.1) is 17.2 Å². The summed E-state index contributed by atoms with van der Waals surface area (Å²) in [6.07, 6.45) is 0.646. The second-order valence-electron chi connectivity index (χ2n) is 4.70. The third-order valence-corrected chi connectivity index (χ3v) is 3.38. The molecule has 7 heteroatoms. The molecule has 0 aliphatic carbocycles. The van der Waals surface area contributed by atoms with Gasteiger partial charge in [0.1, 0.15) is 14.1 Å². The Hall–Kier alpha value is -2.44. The summed E-state index contributed by atoms with van der Waals surface area (Å²) >= 11 is 0. The van der Waals surface area contributed by atoms with E-state index in [0.29, 0.717) is 11.7 Å². The average Bonchev–Trinajstić information content (AvgIpc) is 2.72. The predicted octanol–water partition coefficient (Wildman–Crippen LogP) is -0.830. The van der Waals surface area contributed by atoms with Crippen molar-refractivity contribution in [1.29, 1.82) is 0 Å². The van der Waals surface area contributed by atoms with Gasteiger partial charge in [0.25, 0.3) is 11.8 Å². The number of carbonyl (C=O) groups is 4. The molecule has 106 valence electrons. The van der Waals surface area contributed by atoms with E-state index in [-0.39, 0.29) is 29.9 Å². The molecule has 0 saturated heterocycles. The number of benzene rings is 1. The summed E-state index contributed by atoms with van der Waals surface area (Å²) in [6, 6.07) is 3.44. The molecule has 21 heavy (non-hydrogen) atoms. The summed E-state index contributed by atoms with van der Waals surface area (Å²) in [5.74, 6) is -1.36. The number of nitrogens with one attached hydrogen (secondary N) is 1. The van der Waals surface area contributed by atoms with Crippen molar-refractivity contribution < 1.29 is 19.2 Å². The number of hydrogen-bond acceptors (Lipinski definition) is 4. The molecule has 0 saturated carbocycles. The van der Waals surface area contributed by atoms with E-state index in [0.717, 1.165) is 4.90 Å². The minimum absolute atomic E-state index is 0.0510. The molecule has 1 N–H and O–H groups in total. The Balaban J connectivity index is 2.24. The molecule has 2 rings (SSSR count). The Morgan fingerprint density at radius 3 is 2.62 bits per heavy atom. The summed E-state index contributed by atoms with van der Waals surface area (Å²) in [7, 11) is 7.08. The van der Waals surface area contributed by atoms with E-state index in [1.54, 1.807) is 0 Å². The summed E-state index contributed by atoms with van der Waals surface area (Å²) in [5.41, 5.74) is 0.776. The van der Waals surface area contributed by atoms with E-state index in [2.05, 4.69) is 5.32 Å². The minimum Gasteiger partial charge on any atom is -0.359 e. The highest BCUT2D eigenvalue weighted by atomic mass is 16.2. The van der Waals surface area contributed by atoms with Crippen LogP contribution in [0.3, 0.4) is 0 Å². The highest BCUT2D eigenvalue weighted by Gasteiger charge is 2.39. The van der Waals surface area contributed by atoms with Gasteiger partial charge in [-0.1, -0.05) is 17.6 Å². The molecule has 0 fully saturated rings. The van der Waals surface area contributed by atoms with Gasteiger partial charge in [-0.3, -0.25) is 19.3 Å². The first kappa shape index (κ1) is 15.0. The second kappa shape index (κ2) is 5.91. The molecule has 1 unspecified atom stereocenters. The van der Waals surface area contributed by atoms with Gasteiger partial charge in [-0.15, -0.1) is 0 Å². The molecule has 6 nitrogen and oxygen atoms in total. The van der Waals surface area contributed by atoms with Crippen LogP contribution in [-0.4, -0.2) is 49.8 Å². The van der Waals surface area contributed by atoms with Gasteiger partial charge in [-0.05, 0) is 12.5 Å². The Kier molecular flexibility index (Phi) is 4.21. The van der Waals surface area contributed by atoms with E-state index in [1.165, 1.54) is 25.2 Å². The first-order valence-electron chi connectivity index (χ1n) is 6.43. The Morgan fingerprint density at radius 1 is 1.33 bits per heavy atom. The van der Waals surface area contributed by atoms with Crippen LogP contribution in [0.2, 0.25) is 0 Å². The number of amides is 3. The summed E-state index contributed by atoms with van der Waals surface area (Å²) in [4.78, 5) is 47.8. The molecule has 0 aromatic heterocycles. The lowest BCUT2D eigenvalue weighted by molar-refractivity contribution is -0.121. The largest absolute Gasteiger partial charge is 0.359 e. The number of nitrogens with zero attached hydrogens (tertiary/aromatic N) is 1. The lowest BCUT2D eigenvalue weighted by Crippen LogP contribution is -2.41. The average molecular weight is 284 g/mol. The van der Waals surface area contributed by atoms with Gasteiger partial charge in [0.15, 0.2) is 0 Å². The van der Waals surface area contributed by atoms with Crippen LogP contribution in [-0.2, 0) is 9.59 Å². The van der Waals surface area contributed by atoms with Crippen molar-refractivity contribution in [3.63, 3.8) is 0 Å². The van der Waals surface area contributed by atoms with E-state index >= 15 is 0 Å². The quantitative estimate of drug-likeness (QED) is 0.434. The molecule has 1 aromatic carbocycles. The van der Waals surface area contributed by atoms with Crippen LogP contribution in [0.25, 0.3) is 0 Å². The zero-order chi connectivity index (χ0) is 15.6. The predicted molar refractivity (Wildman–Crippen MR) is 75.5 cm³/mol. The standard InChI is InChI=1S/C14H13BN2O4/c1-16-12(19)5-3-9(7-18)17-13(20)10-4-2-8(15)6-11(10)14(17)21/h2,4,6-7,9H,3,5H2,1H3,(H,16,19). The fraction of sp³-hybridized carbons (Fsp3) is 0.286. The molecule has 1 aliphatic rings. The molecular weight excluding hydrogens is 271 g/mol. The first-order valence-corrected chi connectivity index (χ1v) is 6.43. The number of carbonyl (C=O) groups excluding carboxylic acids is 4. The van der Waals surface area contributed by atoms with E-state index in [1.807, 2.05) is 0 Å². The Labute approximate surface area is 122 Å². The summed E-state index contributed by atoms with van der Waals surface area (Å²) < 4.78 is 0. The van der Waals surface area contributed by atoms with Crippen LogP contribution in [0.5, 0.6) is 0 Å². The van der Waals surface area contributed by atoms with Crippen molar-refractivity contribution in [2.45, 2.75) is 18.9 Å². The molecule has 1 aliphatic heterocycles. The van der Waals surface area contributed by atoms with Gasteiger partial charge in [0, 0.05) is 13.5 Å². The fourth-order valence-corrected chi connectivity index (χ4v) is 2.24. The molecule has 0 bridgehead atoms. The number of aldehydes is 1. The van der Waals surface area contributed by atoms with Gasteiger partial charge in [-0.2, -0.15) is 0 Å². The minimum atomic E-state index is -0.962. The first-order chi connectivity index (χ1) is 9.99. The van der Waals surface area contributed by atoms with Crippen molar-refractivity contribution >= 4 is 37.3 Å². The highest BCUT2D eigenvalue weighted by molar-refractivity contribution is 6.34. The normalized spacial score (nSPS) is 14.8. The van der Waals surface area contributed by atoms with Crippen molar-refractivity contribution in [2.24, 2.45) is 0 Å². The van der Waals surface area contributed by atoms with Gasteiger partial charge in [0.2, 0.25) is 5.91 Å². The maximum atomic E-state index is 12.3. The monoisotopic (exact) mass is 284 g/mol. The van der Waals surface area contributed by atoms with Crippen molar-refractivity contribution in [1.82, 2.24) is 10.2 Å². The van der Waals surface area contributed by atoms with Crippen LogP contribution in [0.4, 0.5) is 0 Å². The SMILES string of the molecule is [B]c1ccc2c(c1)C(=O)N(C(C=O)CCC(=O)NC)C2=O. The zero-order valence-electron chi connectivity index (χ0n) is 11.5. The van der Waals surface area contributed by atoms with E-state index in [4.69, 9.17) is 7.85 Å². The molecular formula is C14H13BN2O4. The third-order valence-electron chi connectivity index (χ3n) is 3.38. The molecule has 3 amide bonds. The zero-order valence-corrected chi connectivity index (χ0v) is 11.5. The molecule has 1 heterocycles. The van der Waals surface area contributed by atoms with Crippen LogP contribution in [0.1, 0.15) is 33.6 Å². The van der Waals surface area contributed by atoms with Crippen LogP contribution >= 0.6 is 0 Å². The van der Waals surface area contributed by atoms with E-state index < -0.39 is 17.9 Å². The number of imide groups is 1. The second-order valence-corrected chi connectivity index (χ2v) is 4.70. The summed E-state index contributed by atoms with van der Waals surface area (Å²) in [6.45, 7) is 0. The van der Waals surface area contributed by atoms with Gasteiger partial charge >= 0.3 is 0 Å². The maximum absolute atomic E-state index is 12.3. The maximum Gasteiger partial charge on any atom is 0.262 e. The molecule has 1 atom stereocenters. The van der Waals surface area contributed by atoms with Crippen molar-refractivity contribution in [3.8, 4) is 0 Å². The lowest BCUT2D eigenvalue weighted by Gasteiger charge is -2.20. The van der Waals surface area contributed by atoms with Crippen LogP contribution in [0, 0.1) is 0 Å². The van der Waals surface area contributed by atoms with E-state index in [9.17, 15) is 19.2 Å². The fourth-order valence-electron chi connectivity index (χ4n) is 2.24. The summed E-state index contributed by atoms with van der Waals surface area (Å²) in [5, 5.41) is 2.42. The molecule has 1 aromatic rings. The molecule has 2 radical (unpaired) electrons. The van der Waals surface area contributed by atoms with Crippen molar-refractivity contribution in [3.05, 3.63) is 29.3 Å². The molecule has 0 spiro atoms.